The van der Waals surface area contributed by atoms with Gasteiger partial charge in [0, 0.05) is 31.3 Å². The molecule has 0 bridgehead atoms. The number of hydrogen-bond acceptors (Lipinski definition) is 7. The van der Waals surface area contributed by atoms with E-state index in [2.05, 4.69) is 15.3 Å². The van der Waals surface area contributed by atoms with Crippen LogP contribution in [-0.4, -0.2) is 40.1 Å². The molecular weight excluding hydrogens is 345 g/mol. The SMILES string of the molecule is O=C(NC1CCN(c2ncc(F)cn2)CC1)Oc1ccc([N+](=O)[O-])cc1. The lowest BCUT2D eigenvalue weighted by Crippen LogP contribution is -2.46. The third-order valence-electron chi connectivity index (χ3n) is 3.96. The molecule has 1 aromatic carbocycles. The Hall–Kier alpha value is -3.30. The summed E-state index contributed by atoms with van der Waals surface area (Å²) in [5.41, 5.74) is -0.0758. The minimum absolute atomic E-state index is 0.0720. The van der Waals surface area contributed by atoms with E-state index in [0.717, 1.165) is 12.4 Å². The summed E-state index contributed by atoms with van der Waals surface area (Å²) in [6.07, 6.45) is 2.95. The summed E-state index contributed by atoms with van der Waals surface area (Å²) >= 11 is 0. The molecule has 1 aliphatic rings. The molecule has 10 heteroatoms. The number of carbonyl (C=O) groups is 1. The van der Waals surface area contributed by atoms with Crippen LogP contribution < -0.4 is 15.0 Å². The number of ether oxygens (including phenoxy) is 1. The summed E-state index contributed by atoms with van der Waals surface area (Å²) in [7, 11) is 0. The first-order valence-electron chi connectivity index (χ1n) is 7.96. The first-order valence-corrected chi connectivity index (χ1v) is 7.96. The molecule has 9 nitrogen and oxygen atoms in total. The van der Waals surface area contributed by atoms with E-state index in [-0.39, 0.29) is 17.5 Å². The number of anilines is 1. The Bertz CT molecular complexity index is 776. The topological polar surface area (TPSA) is 110 Å². The zero-order valence-corrected chi connectivity index (χ0v) is 13.7. The number of nitro groups is 1. The third kappa shape index (κ3) is 4.41. The van der Waals surface area contributed by atoms with Crippen LogP contribution in [0.1, 0.15) is 12.8 Å². The predicted molar refractivity (Wildman–Crippen MR) is 89.5 cm³/mol. The van der Waals surface area contributed by atoms with Crippen LogP contribution in [0.15, 0.2) is 36.7 Å². The Morgan fingerprint density at radius 3 is 2.42 bits per heavy atom. The average molecular weight is 361 g/mol. The van der Waals surface area contributed by atoms with Crippen LogP contribution in [0.2, 0.25) is 0 Å². The number of amides is 1. The van der Waals surface area contributed by atoms with Crippen molar-refractivity contribution in [3.8, 4) is 5.75 Å². The highest BCUT2D eigenvalue weighted by atomic mass is 19.1. The lowest BCUT2D eigenvalue weighted by molar-refractivity contribution is -0.384. The van der Waals surface area contributed by atoms with Crippen molar-refractivity contribution in [1.29, 1.82) is 0 Å². The van der Waals surface area contributed by atoms with E-state index in [0.29, 0.717) is 31.9 Å². The number of piperidine rings is 1. The highest BCUT2D eigenvalue weighted by Crippen LogP contribution is 2.18. The Morgan fingerprint density at radius 2 is 1.85 bits per heavy atom. The molecule has 1 aliphatic heterocycles. The van der Waals surface area contributed by atoms with Crippen LogP contribution in [0.5, 0.6) is 5.75 Å². The molecule has 1 saturated heterocycles. The summed E-state index contributed by atoms with van der Waals surface area (Å²) < 4.78 is 18.0. The molecular formula is C16H16FN5O4. The number of nitrogens with zero attached hydrogens (tertiary/aromatic N) is 4. The smallest absolute Gasteiger partial charge is 0.410 e. The Kier molecular flexibility index (Phi) is 5.20. The number of aromatic nitrogens is 2. The van der Waals surface area contributed by atoms with Crippen molar-refractivity contribution in [1.82, 2.24) is 15.3 Å². The van der Waals surface area contributed by atoms with Gasteiger partial charge in [-0.15, -0.1) is 0 Å². The van der Waals surface area contributed by atoms with Crippen LogP contribution in [0.25, 0.3) is 0 Å². The lowest BCUT2D eigenvalue weighted by Gasteiger charge is -2.31. The van der Waals surface area contributed by atoms with Crippen LogP contribution in [0.4, 0.5) is 20.8 Å². The van der Waals surface area contributed by atoms with Gasteiger partial charge >= 0.3 is 6.09 Å². The van der Waals surface area contributed by atoms with Crippen molar-refractivity contribution < 1.29 is 18.8 Å². The minimum atomic E-state index is -0.615. The molecule has 1 N–H and O–H groups in total. The van der Waals surface area contributed by atoms with E-state index >= 15 is 0 Å². The molecule has 0 radical (unpaired) electrons. The molecule has 1 aromatic heterocycles. The lowest BCUT2D eigenvalue weighted by atomic mass is 10.1. The number of hydrogen-bond donors (Lipinski definition) is 1. The third-order valence-corrected chi connectivity index (χ3v) is 3.96. The number of rotatable bonds is 4. The van der Waals surface area contributed by atoms with Gasteiger partial charge in [-0.25, -0.2) is 19.2 Å². The van der Waals surface area contributed by atoms with E-state index in [1.807, 2.05) is 4.90 Å². The number of nitrogens with one attached hydrogen (secondary N) is 1. The largest absolute Gasteiger partial charge is 0.412 e. The van der Waals surface area contributed by atoms with Gasteiger partial charge in [-0.3, -0.25) is 10.1 Å². The highest BCUT2D eigenvalue weighted by Gasteiger charge is 2.23. The number of benzene rings is 1. The minimum Gasteiger partial charge on any atom is -0.410 e. The number of nitro benzene ring substituents is 1. The van der Waals surface area contributed by atoms with E-state index in [9.17, 15) is 19.3 Å². The van der Waals surface area contributed by atoms with Crippen LogP contribution in [0.3, 0.4) is 0 Å². The second-order valence-corrected chi connectivity index (χ2v) is 5.75. The summed E-state index contributed by atoms with van der Waals surface area (Å²) in [4.78, 5) is 31.8. The van der Waals surface area contributed by atoms with Gasteiger partial charge in [0.25, 0.3) is 5.69 Å². The molecule has 26 heavy (non-hydrogen) atoms. The molecule has 136 valence electrons. The standard InChI is InChI=1S/C16H16FN5O4/c17-11-9-18-15(19-10-11)21-7-5-12(6-8-21)20-16(23)26-14-3-1-13(2-4-14)22(24)25/h1-4,9-10,12H,5-8H2,(H,20,23). The van der Waals surface area contributed by atoms with Gasteiger partial charge in [-0.05, 0) is 25.0 Å². The van der Waals surface area contributed by atoms with Crippen molar-refractivity contribution in [2.45, 2.75) is 18.9 Å². The fraction of sp³-hybridized carbons (Fsp3) is 0.312. The van der Waals surface area contributed by atoms with Crippen molar-refractivity contribution in [3.05, 3.63) is 52.6 Å². The normalized spacial score (nSPS) is 14.7. The van der Waals surface area contributed by atoms with Crippen LogP contribution >= 0.6 is 0 Å². The maximum Gasteiger partial charge on any atom is 0.412 e. The maximum absolute atomic E-state index is 12.9. The summed E-state index contributed by atoms with van der Waals surface area (Å²) in [6.45, 7) is 1.24. The van der Waals surface area contributed by atoms with Crippen LogP contribution in [-0.2, 0) is 0 Å². The predicted octanol–water partition coefficient (Wildman–Crippen LogP) is 2.28. The molecule has 0 spiro atoms. The Labute approximate surface area is 148 Å². The fourth-order valence-corrected chi connectivity index (χ4v) is 2.63. The monoisotopic (exact) mass is 361 g/mol. The molecule has 0 saturated carbocycles. The van der Waals surface area contributed by atoms with E-state index < -0.39 is 16.8 Å². The van der Waals surface area contributed by atoms with Gasteiger partial charge in [0.15, 0.2) is 5.82 Å². The van der Waals surface area contributed by atoms with Gasteiger partial charge in [-0.2, -0.15) is 0 Å². The highest BCUT2D eigenvalue weighted by molar-refractivity contribution is 5.70. The molecule has 1 fully saturated rings. The molecule has 0 unspecified atom stereocenters. The Morgan fingerprint density at radius 1 is 1.23 bits per heavy atom. The maximum atomic E-state index is 12.9. The van der Waals surface area contributed by atoms with Gasteiger partial charge in [0.05, 0.1) is 17.3 Å². The molecule has 0 aliphatic carbocycles. The first kappa shape index (κ1) is 17.5. The summed E-state index contributed by atoms with van der Waals surface area (Å²) in [5.74, 6) is 0.197. The molecule has 1 amide bonds. The van der Waals surface area contributed by atoms with E-state index in [1.54, 1.807) is 0 Å². The van der Waals surface area contributed by atoms with Crippen LogP contribution in [0, 0.1) is 15.9 Å². The van der Waals surface area contributed by atoms with Crippen molar-refractivity contribution in [2.24, 2.45) is 0 Å². The van der Waals surface area contributed by atoms with Crippen molar-refractivity contribution in [2.75, 3.05) is 18.0 Å². The summed E-state index contributed by atoms with van der Waals surface area (Å²) in [5, 5.41) is 13.4. The molecule has 0 atom stereocenters. The zero-order valence-electron chi connectivity index (χ0n) is 13.7. The van der Waals surface area contributed by atoms with E-state index in [1.165, 1.54) is 24.3 Å². The number of non-ortho nitro benzene ring substituents is 1. The zero-order chi connectivity index (χ0) is 18.5. The van der Waals surface area contributed by atoms with Gasteiger partial charge < -0.3 is 15.0 Å². The molecule has 2 aromatic rings. The number of halogens is 1. The second-order valence-electron chi connectivity index (χ2n) is 5.75. The molecule has 3 rings (SSSR count). The average Bonchev–Trinajstić information content (AvgIpc) is 2.63. The van der Waals surface area contributed by atoms with Gasteiger partial charge in [0.1, 0.15) is 5.75 Å². The second kappa shape index (κ2) is 7.72. The van der Waals surface area contributed by atoms with Gasteiger partial charge in [0.2, 0.25) is 5.95 Å². The van der Waals surface area contributed by atoms with Gasteiger partial charge in [-0.1, -0.05) is 0 Å². The fourth-order valence-electron chi connectivity index (χ4n) is 2.63. The Balaban J connectivity index is 1.47. The van der Waals surface area contributed by atoms with Crippen molar-refractivity contribution in [3.63, 3.8) is 0 Å². The molecule has 2 heterocycles. The van der Waals surface area contributed by atoms with Crippen molar-refractivity contribution >= 4 is 17.7 Å². The van der Waals surface area contributed by atoms with E-state index in [4.69, 9.17) is 4.74 Å². The summed E-state index contributed by atoms with van der Waals surface area (Å²) in [6, 6.07) is 5.20. The first-order chi connectivity index (χ1) is 12.5. The number of carbonyl (C=O) groups excluding carboxylic acids is 1. The quantitative estimate of drug-likeness (QED) is 0.657.